The highest BCUT2D eigenvalue weighted by atomic mass is 32.1. The van der Waals surface area contributed by atoms with Gasteiger partial charge in [-0.2, -0.15) is 0 Å². The summed E-state index contributed by atoms with van der Waals surface area (Å²) in [5, 5.41) is 12.3. The average Bonchev–Trinajstić information content (AvgIpc) is 3.42. The number of amides is 2. The predicted octanol–water partition coefficient (Wildman–Crippen LogP) is 4.12. The standard InChI is InChI=1S/C26H25N3O5S/c1-29(16-10-15(11-16)25(31)32)24(30)22-12-27-23(35-22)13-28-26(33)34-14-21-19-8-4-2-6-17(19)18-7-3-5-9-20(18)21/h2-9,12,15-16,21H,10-11,13-14H2,1H3,(H,28,33)(H,31,32). The molecule has 2 amide bonds. The van der Waals surface area contributed by atoms with Gasteiger partial charge >= 0.3 is 12.1 Å². The Bertz CT molecular complexity index is 1240. The fraction of sp³-hybridized carbons (Fsp3) is 0.308. The van der Waals surface area contributed by atoms with Crippen LogP contribution in [-0.4, -0.2) is 52.7 Å². The number of hydrogen-bond acceptors (Lipinski definition) is 6. The Labute approximate surface area is 206 Å². The number of carboxylic acid groups (broad SMARTS) is 1. The number of aliphatic carboxylic acids is 1. The lowest BCUT2D eigenvalue weighted by atomic mass is 9.79. The lowest BCUT2D eigenvalue weighted by molar-refractivity contribution is -0.146. The smallest absolute Gasteiger partial charge is 0.407 e. The molecule has 1 aromatic heterocycles. The van der Waals surface area contributed by atoms with Crippen molar-refractivity contribution in [1.29, 1.82) is 0 Å². The lowest BCUT2D eigenvalue weighted by Crippen LogP contribution is -2.47. The number of ether oxygens (including phenoxy) is 1. The van der Waals surface area contributed by atoms with Gasteiger partial charge in [0.15, 0.2) is 0 Å². The number of alkyl carbamates (subject to hydrolysis) is 1. The van der Waals surface area contributed by atoms with Gasteiger partial charge in [0.05, 0.1) is 18.7 Å². The van der Waals surface area contributed by atoms with Gasteiger partial charge in [0, 0.05) is 19.0 Å². The van der Waals surface area contributed by atoms with E-state index in [0.29, 0.717) is 22.7 Å². The molecule has 5 rings (SSSR count). The maximum Gasteiger partial charge on any atom is 0.407 e. The Hall–Kier alpha value is -3.72. The molecular formula is C26H25N3O5S. The molecule has 180 valence electrons. The second-order valence-corrected chi connectivity index (χ2v) is 9.99. The van der Waals surface area contributed by atoms with Crippen LogP contribution in [0.2, 0.25) is 0 Å². The Kier molecular flexibility index (Phi) is 6.25. The van der Waals surface area contributed by atoms with Crippen molar-refractivity contribution in [3.05, 3.63) is 75.7 Å². The highest BCUT2D eigenvalue weighted by Gasteiger charge is 2.38. The number of rotatable bonds is 7. The van der Waals surface area contributed by atoms with E-state index >= 15 is 0 Å². The minimum Gasteiger partial charge on any atom is -0.481 e. The number of thiazole rings is 1. The molecule has 9 heteroatoms. The molecule has 0 radical (unpaired) electrons. The fourth-order valence-electron chi connectivity index (χ4n) is 4.73. The quantitative estimate of drug-likeness (QED) is 0.515. The molecule has 0 saturated heterocycles. The molecule has 8 nitrogen and oxygen atoms in total. The molecule has 1 heterocycles. The SMILES string of the molecule is CN(C(=O)c1cnc(CNC(=O)OCC2c3ccccc3-c3ccccc32)s1)C1CC(C(=O)O)C1. The van der Waals surface area contributed by atoms with Gasteiger partial charge in [0.25, 0.3) is 5.91 Å². The largest absolute Gasteiger partial charge is 0.481 e. The van der Waals surface area contributed by atoms with Crippen LogP contribution in [0.4, 0.5) is 4.79 Å². The van der Waals surface area contributed by atoms with E-state index in [1.54, 1.807) is 11.9 Å². The van der Waals surface area contributed by atoms with E-state index in [0.717, 1.165) is 11.1 Å². The van der Waals surface area contributed by atoms with Crippen molar-refractivity contribution in [3.8, 4) is 11.1 Å². The van der Waals surface area contributed by atoms with Gasteiger partial charge in [-0.15, -0.1) is 11.3 Å². The van der Waals surface area contributed by atoms with Crippen molar-refractivity contribution in [2.45, 2.75) is 31.3 Å². The molecule has 2 aliphatic rings. The number of carbonyl (C=O) groups excluding carboxylic acids is 2. The molecule has 0 bridgehead atoms. The lowest BCUT2D eigenvalue weighted by Gasteiger charge is -2.38. The molecule has 2 aliphatic carbocycles. The first kappa shape index (κ1) is 23.0. The summed E-state index contributed by atoms with van der Waals surface area (Å²) in [4.78, 5) is 42.4. The normalized spacial score (nSPS) is 18.2. The minimum atomic E-state index is -0.818. The molecule has 1 fully saturated rings. The summed E-state index contributed by atoms with van der Waals surface area (Å²) in [5.41, 5.74) is 4.63. The van der Waals surface area contributed by atoms with E-state index in [-0.39, 0.29) is 36.9 Å². The van der Waals surface area contributed by atoms with Crippen LogP contribution in [-0.2, 0) is 16.1 Å². The Morgan fingerprint density at radius 3 is 2.34 bits per heavy atom. The number of benzene rings is 2. The summed E-state index contributed by atoms with van der Waals surface area (Å²) >= 11 is 1.21. The molecule has 1 saturated carbocycles. The third kappa shape index (κ3) is 4.51. The first-order valence-electron chi connectivity index (χ1n) is 11.5. The maximum absolute atomic E-state index is 12.7. The zero-order chi connectivity index (χ0) is 24.5. The zero-order valence-electron chi connectivity index (χ0n) is 19.1. The number of nitrogens with zero attached hydrogens (tertiary/aromatic N) is 2. The molecule has 0 spiro atoms. The van der Waals surface area contributed by atoms with Crippen molar-refractivity contribution >= 4 is 29.3 Å². The van der Waals surface area contributed by atoms with Gasteiger partial charge in [-0.1, -0.05) is 48.5 Å². The third-order valence-electron chi connectivity index (χ3n) is 6.82. The fourth-order valence-corrected chi connectivity index (χ4v) is 5.57. The van der Waals surface area contributed by atoms with Gasteiger partial charge in [0.2, 0.25) is 0 Å². The van der Waals surface area contributed by atoms with Crippen LogP contribution in [0.5, 0.6) is 0 Å². The van der Waals surface area contributed by atoms with E-state index in [2.05, 4.69) is 34.6 Å². The highest BCUT2D eigenvalue weighted by Crippen LogP contribution is 2.44. The molecule has 0 unspecified atom stereocenters. The summed E-state index contributed by atoms with van der Waals surface area (Å²) in [5.74, 6) is -1.40. The first-order chi connectivity index (χ1) is 16.9. The van der Waals surface area contributed by atoms with Crippen molar-refractivity contribution in [2.75, 3.05) is 13.7 Å². The van der Waals surface area contributed by atoms with E-state index in [9.17, 15) is 14.4 Å². The van der Waals surface area contributed by atoms with Gasteiger partial charge in [-0.3, -0.25) is 9.59 Å². The number of carboxylic acids is 1. The Balaban J connectivity index is 1.13. The number of hydrogen-bond donors (Lipinski definition) is 2. The second kappa shape index (κ2) is 9.50. The topological polar surface area (TPSA) is 109 Å². The highest BCUT2D eigenvalue weighted by molar-refractivity contribution is 7.13. The zero-order valence-corrected chi connectivity index (χ0v) is 20.0. The van der Waals surface area contributed by atoms with Crippen molar-refractivity contribution in [2.24, 2.45) is 5.92 Å². The summed E-state index contributed by atoms with van der Waals surface area (Å²) in [6.45, 7) is 0.383. The summed E-state index contributed by atoms with van der Waals surface area (Å²) in [6.07, 6.45) is 1.88. The number of fused-ring (bicyclic) bond motifs is 3. The predicted molar refractivity (Wildman–Crippen MR) is 130 cm³/mol. The van der Waals surface area contributed by atoms with Crippen LogP contribution in [0.1, 0.15) is 44.6 Å². The summed E-state index contributed by atoms with van der Waals surface area (Å²) in [7, 11) is 1.68. The molecular weight excluding hydrogens is 466 g/mol. The second-order valence-electron chi connectivity index (χ2n) is 8.87. The number of carbonyl (C=O) groups is 3. The van der Waals surface area contributed by atoms with Crippen LogP contribution in [0, 0.1) is 5.92 Å². The number of nitrogens with one attached hydrogen (secondary N) is 1. The van der Waals surface area contributed by atoms with Crippen LogP contribution < -0.4 is 5.32 Å². The van der Waals surface area contributed by atoms with Crippen molar-refractivity contribution < 1.29 is 24.2 Å². The van der Waals surface area contributed by atoms with Gasteiger partial charge in [0.1, 0.15) is 16.5 Å². The van der Waals surface area contributed by atoms with E-state index < -0.39 is 12.1 Å². The molecule has 35 heavy (non-hydrogen) atoms. The van der Waals surface area contributed by atoms with Gasteiger partial charge in [-0.25, -0.2) is 9.78 Å². The maximum atomic E-state index is 12.7. The first-order valence-corrected chi connectivity index (χ1v) is 12.3. The molecule has 3 aromatic rings. The minimum absolute atomic E-state index is 0.0139. The van der Waals surface area contributed by atoms with Crippen LogP contribution in [0.25, 0.3) is 11.1 Å². The summed E-state index contributed by atoms with van der Waals surface area (Å²) < 4.78 is 5.54. The number of aromatic nitrogens is 1. The Morgan fingerprint density at radius 1 is 1.09 bits per heavy atom. The van der Waals surface area contributed by atoms with Crippen LogP contribution in [0.15, 0.2) is 54.7 Å². The molecule has 0 atom stereocenters. The van der Waals surface area contributed by atoms with Crippen LogP contribution >= 0.6 is 11.3 Å². The van der Waals surface area contributed by atoms with E-state index in [4.69, 9.17) is 9.84 Å². The van der Waals surface area contributed by atoms with E-state index in [1.165, 1.54) is 28.7 Å². The third-order valence-corrected chi connectivity index (χ3v) is 7.81. The molecule has 0 aliphatic heterocycles. The van der Waals surface area contributed by atoms with Crippen molar-refractivity contribution in [1.82, 2.24) is 15.2 Å². The Morgan fingerprint density at radius 2 is 1.71 bits per heavy atom. The molecule has 2 aromatic carbocycles. The average molecular weight is 492 g/mol. The van der Waals surface area contributed by atoms with Gasteiger partial charge in [-0.05, 0) is 35.1 Å². The van der Waals surface area contributed by atoms with E-state index in [1.807, 2.05) is 24.3 Å². The summed E-state index contributed by atoms with van der Waals surface area (Å²) in [6, 6.07) is 16.2. The van der Waals surface area contributed by atoms with Crippen LogP contribution in [0.3, 0.4) is 0 Å². The van der Waals surface area contributed by atoms with Gasteiger partial charge < -0.3 is 20.1 Å². The monoisotopic (exact) mass is 491 g/mol. The molecule has 2 N–H and O–H groups in total. The van der Waals surface area contributed by atoms with Crippen molar-refractivity contribution in [3.63, 3.8) is 0 Å².